The van der Waals surface area contributed by atoms with Crippen LogP contribution in [0.25, 0.3) is 60.0 Å². The van der Waals surface area contributed by atoms with E-state index < -0.39 is 0 Å². The molecule has 0 bridgehead atoms. The Bertz CT molecular complexity index is 2240. The zero-order chi connectivity index (χ0) is 28.1. The van der Waals surface area contributed by atoms with Gasteiger partial charge in [0.2, 0.25) is 0 Å². The van der Waals surface area contributed by atoms with E-state index in [0.717, 1.165) is 5.46 Å². The maximum absolute atomic E-state index is 6.50. The molecule has 1 fully saturated rings. The van der Waals surface area contributed by atoms with Crippen molar-refractivity contribution < 1.29 is 9.31 Å². The Kier molecular flexibility index (Phi) is 4.25. The summed E-state index contributed by atoms with van der Waals surface area (Å²) < 4.78 is 15.5. The Hall–Kier alpha value is -3.86. The average molecular weight is 533 g/mol. The number of fused-ring (bicyclic) bond motifs is 12. The smallest absolute Gasteiger partial charge is 0.399 e. The second-order valence-electron chi connectivity index (χ2n) is 13.6. The van der Waals surface area contributed by atoms with Gasteiger partial charge in [0.1, 0.15) is 0 Å². The van der Waals surface area contributed by atoms with Crippen molar-refractivity contribution in [2.45, 2.75) is 58.2 Å². The van der Waals surface area contributed by atoms with E-state index in [-0.39, 0.29) is 23.7 Å². The molecule has 1 aliphatic heterocycles. The number of benzene rings is 5. The Morgan fingerprint density at radius 2 is 1.29 bits per heavy atom. The molecule has 41 heavy (non-hydrogen) atoms. The molecule has 3 heterocycles. The van der Waals surface area contributed by atoms with Gasteiger partial charge in [-0.2, -0.15) is 0 Å². The first-order valence-electron chi connectivity index (χ1n) is 14.7. The monoisotopic (exact) mass is 533 g/mol. The summed E-state index contributed by atoms with van der Waals surface area (Å²) in [6, 6.07) is 31.8. The molecule has 200 valence electrons. The summed E-state index contributed by atoms with van der Waals surface area (Å²) >= 11 is 0. The molecular weight excluding hydrogens is 501 g/mol. The van der Waals surface area contributed by atoms with Gasteiger partial charge >= 0.3 is 7.12 Å². The zero-order valence-electron chi connectivity index (χ0n) is 24.4. The number of hydrogen-bond acceptors (Lipinski definition) is 2. The number of aromatic nitrogens is 1. The molecular formula is C37H32BNO2. The van der Waals surface area contributed by atoms with E-state index in [4.69, 9.17) is 9.31 Å². The van der Waals surface area contributed by atoms with Gasteiger partial charge in [0.25, 0.3) is 0 Å². The second-order valence-corrected chi connectivity index (χ2v) is 13.6. The SMILES string of the molecule is CC1(C)c2ccc(B3OC(C)(C)C(C)(C)O3)cc2-c2c1ccc1ccc3c(c4cccc5c6ccccc6n3c54)c21. The van der Waals surface area contributed by atoms with E-state index in [1.54, 1.807) is 0 Å². The van der Waals surface area contributed by atoms with Gasteiger partial charge in [-0.15, -0.1) is 0 Å². The van der Waals surface area contributed by atoms with Crippen LogP contribution in [0.1, 0.15) is 52.7 Å². The fourth-order valence-corrected chi connectivity index (χ4v) is 7.72. The minimum atomic E-state index is -0.390. The molecule has 0 atom stereocenters. The van der Waals surface area contributed by atoms with Crippen molar-refractivity contribution in [1.82, 2.24) is 4.40 Å². The molecule has 0 radical (unpaired) electrons. The summed E-state index contributed by atoms with van der Waals surface area (Å²) in [6.07, 6.45) is 0. The first-order valence-corrected chi connectivity index (χ1v) is 14.7. The fourth-order valence-electron chi connectivity index (χ4n) is 7.72. The van der Waals surface area contributed by atoms with Crippen LogP contribution in [-0.2, 0) is 14.7 Å². The molecule has 0 spiro atoms. The number of nitrogens with zero attached hydrogens (tertiary/aromatic N) is 1. The second kappa shape index (κ2) is 7.31. The predicted molar refractivity (Wildman–Crippen MR) is 172 cm³/mol. The summed E-state index contributed by atoms with van der Waals surface area (Å²) in [4.78, 5) is 0. The van der Waals surface area contributed by atoms with E-state index in [0.29, 0.717) is 0 Å². The maximum atomic E-state index is 6.50. The topological polar surface area (TPSA) is 22.9 Å². The maximum Gasteiger partial charge on any atom is 0.494 e. The highest BCUT2D eigenvalue weighted by atomic mass is 16.7. The lowest BCUT2D eigenvalue weighted by molar-refractivity contribution is 0.00578. The van der Waals surface area contributed by atoms with Crippen molar-refractivity contribution in [3.8, 4) is 11.1 Å². The third-order valence-electron chi connectivity index (χ3n) is 10.6. The molecule has 9 rings (SSSR count). The molecule has 3 nitrogen and oxygen atoms in total. The Labute approximate surface area is 240 Å². The van der Waals surface area contributed by atoms with Gasteiger partial charge in [-0.1, -0.05) is 86.6 Å². The van der Waals surface area contributed by atoms with Gasteiger partial charge in [-0.25, -0.2) is 0 Å². The van der Waals surface area contributed by atoms with E-state index >= 15 is 0 Å². The predicted octanol–water partition coefficient (Wildman–Crippen LogP) is 8.60. The van der Waals surface area contributed by atoms with Crippen molar-refractivity contribution in [1.29, 1.82) is 0 Å². The zero-order valence-corrected chi connectivity index (χ0v) is 24.4. The lowest BCUT2D eigenvalue weighted by atomic mass is 9.76. The summed E-state index contributed by atoms with van der Waals surface area (Å²) in [6.45, 7) is 13.2. The lowest BCUT2D eigenvalue weighted by Crippen LogP contribution is -2.41. The molecule has 2 aromatic heterocycles. The van der Waals surface area contributed by atoms with Crippen LogP contribution in [0.5, 0.6) is 0 Å². The van der Waals surface area contributed by atoms with Crippen molar-refractivity contribution in [3.63, 3.8) is 0 Å². The van der Waals surface area contributed by atoms with Crippen LogP contribution in [0.3, 0.4) is 0 Å². The van der Waals surface area contributed by atoms with Gasteiger partial charge in [-0.3, -0.25) is 0 Å². The van der Waals surface area contributed by atoms with E-state index in [1.807, 2.05) is 0 Å². The first-order chi connectivity index (χ1) is 19.6. The molecule has 0 unspecified atom stereocenters. The van der Waals surface area contributed by atoms with Crippen molar-refractivity contribution in [2.24, 2.45) is 0 Å². The average Bonchev–Trinajstić information content (AvgIpc) is 3.61. The summed E-state index contributed by atoms with van der Waals surface area (Å²) in [5.74, 6) is 0. The van der Waals surface area contributed by atoms with E-state index in [9.17, 15) is 0 Å². The normalized spacial score (nSPS) is 18.8. The molecule has 2 aliphatic rings. The fraction of sp³-hybridized carbons (Fsp3) is 0.243. The van der Waals surface area contributed by atoms with E-state index in [1.165, 1.54) is 71.1 Å². The Morgan fingerprint density at radius 1 is 0.610 bits per heavy atom. The number of para-hydroxylation sites is 2. The van der Waals surface area contributed by atoms with Gasteiger partial charge in [0, 0.05) is 27.0 Å². The third kappa shape index (κ3) is 2.78. The van der Waals surface area contributed by atoms with E-state index in [2.05, 4.69) is 131 Å². The Morgan fingerprint density at radius 3 is 2.10 bits per heavy atom. The van der Waals surface area contributed by atoms with Crippen LogP contribution in [0.15, 0.2) is 84.9 Å². The standard InChI is InChI=1S/C37H32BNO2/c1-35(2)27-18-16-22(38-40-36(3,4)37(5,6)41-38)20-26(27)32-28(35)17-14-21-15-19-30-33(31(21)32)25-12-9-11-24-23-10-7-8-13-29(23)39(30)34(24)25/h7-20H,1-6H3. The molecule has 0 N–H and O–H groups in total. The molecule has 1 aliphatic carbocycles. The quantitative estimate of drug-likeness (QED) is 0.197. The van der Waals surface area contributed by atoms with Crippen LogP contribution >= 0.6 is 0 Å². The number of hydrogen-bond donors (Lipinski definition) is 0. The summed E-state index contributed by atoms with van der Waals surface area (Å²) in [7, 11) is -0.390. The minimum Gasteiger partial charge on any atom is -0.399 e. The minimum absolute atomic E-state index is 0.108. The molecule has 7 aromatic rings. The summed E-state index contributed by atoms with van der Waals surface area (Å²) in [5, 5.41) is 7.92. The number of rotatable bonds is 1. The van der Waals surface area contributed by atoms with Crippen molar-refractivity contribution >= 4 is 61.4 Å². The highest BCUT2D eigenvalue weighted by Crippen LogP contribution is 2.53. The molecule has 4 heteroatoms. The largest absolute Gasteiger partial charge is 0.494 e. The highest BCUT2D eigenvalue weighted by Gasteiger charge is 2.52. The molecule has 1 saturated heterocycles. The van der Waals surface area contributed by atoms with Crippen molar-refractivity contribution in [2.75, 3.05) is 0 Å². The lowest BCUT2D eigenvalue weighted by Gasteiger charge is -2.32. The van der Waals surface area contributed by atoms with Crippen LogP contribution in [-0.4, -0.2) is 22.7 Å². The van der Waals surface area contributed by atoms with Crippen LogP contribution < -0.4 is 5.46 Å². The Balaban J connectivity index is 1.40. The van der Waals surface area contributed by atoms with Gasteiger partial charge < -0.3 is 13.7 Å². The highest BCUT2D eigenvalue weighted by molar-refractivity contribution is 6.62. The third-order valence-corrected chi connectivity index (χ3v) is 10.6. The first kappa shape index (κ1) is 23.8. The van der Waals surface area contributed by atoms with Gasteiger partial charge in [0.05, 0.1) is 27.8 Å². The molecule has 0 saturated carbocycles. The van der Waals surface area contributed by atoms with Crippen LogP contribution in [0.4, 0.5) is 0 Å². The van der Waals surface area contributed by atoms with Crippen LogP contribution in [0.2, 0.25) is 0 Å². The molecule has 0 amide bonds. The van der Waals surface area contributed by atoms with Crippen LogP contribution in [0, 0.1) is 0 Å². The van der Waals surface area contributed by atoms with Gasteiger partial charge in [-0.05, 0) is 78.3 Å². The molecule has 5 aromatic carbocycles. The van der Waals surface area contributed by atoms with Gasteiger partial charge in [0.15, 0.2) is 0 Å². The van der Waals surface area contributed by atoms with Crippen molar-refractivity contribution in [3.05, 3.63) is 96.1 Å². The summed E-state index contributed by atoms with van der Waals surface area (Å²) in [5.41, 5.74) is 9.46.